The highest BCUT2D eigenvalue weighted by molar-refractivity contribution is 7.17. The van der Waals surface area contributed by atoms with Crippen molar-refractivity contribution in [3.05, 3.63) is 56.4 Å². The number of methoxy groups -OCH3 is 3. The summed E-state index contributed by atoms with van der Waals surface area (Å²) in [6, 6.07) is 5.92. The second kappa shape index (κ2) is 8.96. The Morgan fingerprint density at radius 2 is 1.73 bits per heavy atom. The molecule has 9 heteroatoms. The van der Waals surface area contributed by atoms with E-state index in [4.69, 9.17) is 14.2 Å². The summed E-state index contributed by atoms with van der Waals surface area (Å²) in [6.45, 7) is 0. The number of nitrogens with one attached hydrogen (secondary N) is 1. The number of amides is 1. The molecule has 4 aliphatic rings. The molecule has 3 heterocycles. The van der Waals surface area contributed by atoms with Gasteiger partial charge in [-0.05, 0) is 61.8 Å². The third kappa shape index (κ3) is 3.39. The molecule has 37 heavy (non-hydrogen) atoms. The molecule has 0 fully saturated rings. The van der Waals surface area contributed by atoms with Gasteiger partial charge < -0.3 is 19.5 Å². The number of rotatable bonds is 4. The first-order chi connectivity index (χ1) is 18.0. The number of benzene rings is 1. The van der Waals surface area contributed by atoms with Crippen LogP contribution in [0.25, 0.3) is 0 Å². The fourth-order valence-corrected chi connectivity index (χ4v) is 7.54. The van der Waals surface area contributed by atoms with Crippen molar-refractivity contribution in [2.24, 2.45) is 0 Å². The van der Waals surface area contributed by atoms with Crippen molar-refractivity contribution in [3.63, 3.8) is 0 Å². The van der Waals surface area contributed by atoms with Crippen molar-refractivity contribution in [3.8, 4) is 23.3 Å². The van der Waals surface area contributed by atoms with E-state index in [0.717, 1.165) is 48.4 Å². The van der Waals surface area contributed by atoms with Crippen LogP contribution in [-0.4, -0.2) is 33.0 Å². The molecule has 1 aromatic heterocycles. The van der Waals surface area contributed by atoms with Gasteiger partial charge in [-0.2, -0.15) is 5.26 Å². The van der Waals surface area contributed by atoms with E-state index in [2.05, 4.69) is 11.4 Å². The van der Waals surface area contributed by atoms with Crippen LogP contribution in [0.4, 0.5) is 5.00 Å². The average molecular weight is 518 g/mol. The van der Waals surface area contributed by atoms with Crippen LogP contribution in [-0.2, 0) is 17.6 Å². The van der Waals surface area contributed by atoms with Gasteiger partial charge in [0, 0.05) is 22.6 Å². The molecule has 190 valence electrons. The fourth-order valence-electron chi connectivity index (χ4n) is 6.12. The number of carbonyl (C=O) groups excluding carboxylic acids is 2. The Labute approximate surface area is 219 Å². The summed E-state index contributed by atoms with van der Waals surface area (Å²) in [6.07, 6.45) is 5.83. The molecule has 0 radical (unpaired) electrons. The smallest absolute Gasteiger partial charge is 0.260 e. The van der Waals surface area contributed by atoms with Gasteiger partial charge in [-0.1, -0.05) is 0 Å². The van der Waals surface area contributed by atoms with Crippen molar-refractivity contribution in [2.75, 3.05) is 26.2 Å². The van der Waals surface area contributed by atoms with Gasteiger partial charge in [0.05, 0.1) is 44.5 Å². The number of fused-ring (bicyclic) bond motifs is 6. The van der Waals surface area contributed by atoms with Crippen LogP contribution in [0, 0.1) is 11.3 Å². The molecule has 8 nitrogen and oxygen atoms in total. The van der Waals surface area contributed by atoms with Crippen molar-refractivity contribution in [2.45, 2.75) is 50.9 Å². The summed E-state index contributed by atoms with van der Waals surface area (Å²) in [7, 11) is 4.60. The predicted molar refractivity (Wildman–Crippen MR) is 138 cm³/mol. The van der Waals surface area contributed by atoms with Gasteiger partial charge >= 0.3 is 0 Å². The third-order valence-electron chi connectivity index (χ3n) is 7.71. The lowest BCUT2D eigenvalue weighted by molar-refractivity contribution is -0.116. The van der Waals surface area contributed by atoms with E-state index >= 15 is 0 Å². The van der Waals surface area contributed by atoms with Crippen LogP contribution in [0.15, 0.2) is 34.8 Å². The molecule has 1 amide bonds. The number of Topliss-reactive ketones (excluding diaryl/α,β-unsaturated/α-hetero) is 1. The van der Waals surface area contributed by atoms with Crippen molar-refractivity contribution < 1.29 is 23.8 Å². The monoisotopic (exact) mass is 517 g/mol. The molecular weight excluding hydrogens is 490 g/mol. The molecule has 0 saturated heterocycles. The lowest BCUT2D eigenvalue weighted by Gasteiger charge is -2.42. The Kier molecular flexibility index (Phi) is 5.72. The minimum Gasteiger partial charge on any atom is -0.493 e. The van der Waals surface area contributed by atoms with Gasteiger partial charge in [0.15, 0.2) is 17.3 Å². The minimum absolute atomic E-state index is 0.0200. The highest BCUT2D eigenvalue weighted by Crippen LogP contribution is 2.53. The Balaban J connectivity index is 1.62. The number of hydrogen-bond acceptors (Lipinski definition) is 8. The quantitative estimate of drug-likeness (QED) is 0.625. The molecule has 0 spiro atoms. The number of allylic oxidation sites excluding steroid dienone is 3. The molecule has 1 N–H and O–H groups in total. The first kappa shape index (κ1) is 23.6. The maximum Gasteiger partial charge on any atom is 0.260 e. The maximum absolute atomic E-state index is 13.6. The van der Waals surface area contributed by atoms with E-state index < -0.39 is 5.92 Å². The number of hydrogen-bond donors (Lipinski definition) is 1. The molecule has 2 aliphatic heterocycles. The second-order valence-electron chi connectivity index (χ2n) is 9.58. The summed E-state index contributed by atoms with van der Waals surface area (Å²) in [4.78, 5) is 30.3. The number of anilines is 1. The normalized spacial score (nSPS) is 20.4. The molecule has 2 aromatic rings. The lowest BCUT2D eigenvalue weighted by Crippen LogP contribution is -2.46. The number of ketones is 1. The molecule has 0 unspecified atom stereocenters. The van der Waals surface area contributed by atoms with Gasteiger partial charge in [0.2, 0.25) is 5.75 Å². The van der Waals surface area contributed by atoms with Crippen LogP contribution >= 0.6 is 11.3 Å². The Bertz CT molecular complexity index is 1440. The summed E-state index contributed by atoms with van der Waals surface area (Å²) >= 11 is 1.63. The van der Waals surface area contributed by atoms with E-state index in [1.807, 2.05) is 4.90 Å². The van der Waals surface area contributed by atoms with Crippen LogP contribution in [0.1, 0.15) is 64.4 Å². The second-order valence-corrected chi connectivity index (χ2v) is 10.7. The predicted octanol–water partition coefficient (Wildman–Crippen LogP) is 4.74. The van der Waals surface area contributed by atoms with Gasteiger partial charge in [0.1, 0.15) is 10.8 Å². The van der Waals surface area contributed by atoms with E-state index in [0.29, 0.717) is 58.2 Å². The Morgan fingerprint density at radius 1 is 1.00 bits per heavy atom. The van der Waals surface area contributed by atoms with Gasteiger partial charge in [-0.3, -0.25) is 14.5 Å². The van der Waals surface area contributed by atoms with Crippen LogP contribution < -0.4 is 24.4 Å². The molecule has 1 atom stereocenters. The number of ether oxygens (including phenoxy) is 3. The summed E-state index contributed by atoms with van der Waals surface area (Å²) in [5.74, 6) is 0.937. The summed E-state index contributed by atoms with van der Waals surface area (Å²) in [5.41, 5.74) is 4.30. The Morgan fingerprint density at radius 3 is 2.41 bits per heavy atom. The van der Waals surface area contributed by atoms with Gasteiger partial charge in [-0.25, -0.2) is 0 Å². The molecule has 0 bridgehead atoms. The molecule has 2 aliphatic carbocycles. The summed E-state index contributed by atoms with van der Waals surface area (Å²) < 4.78 is 16.6. The van der Waals surface area contributed by atoms with Crippen molar-refractivity contribution in [1.82, 2.24) is 5.32 Å². The van der Waals surface area contributed by atoms with E-state index in [9.17, 15) is 14.9 Å². The standard InChI is InChI=1S/C28H27N3O5S/c1-34-19-11-14(12-20(35-2)25(19)36-3)22-16(13-29)26-30-27(33)23-15-7-4-5-10-21(15)37-28(23)31(26)17-8-6-9-18(32)24(17)22/h11-12,22H,4-10H2,1-3H3,(H,30,33)/t22-/m0/s1. The van der Waals surface area contributed by atoms with E-state index in [1.165, 1.54) is 26.2 Å². The van der Waals surface area contributed by atoms with Crippen LogP contribution in [0.5, 0.6) is 17.2 Å². The molecular formula is C28H27N3O5S. The van der Waals surface area contributed by atoms with Crippen LogP contribution in [0.3, 0.4) is 0 Å². The maximum atomic E-state index is 13.6. The van der Waals surface area contributed by atoms with E-state index in [1.54, 1.807) is 23.5 Å². The third-order valence-corrected chi connectivity index (χ3v) is 8.99. The molecule has 6 rings (SSSR count). The fraction of sp³-hybridized carbons (Fsp3) is 0.393. The SMILES string of the molecule is COc1cc([C@H]2C(C#N)=C3NC(=O)c4c(sc5c4CCCC5)N3C3=C2C(=O)CCC3)cc(OC)c1OC. The highest BCUT2D eigenvalue weighted by Gasteiger charge is 2.46. The van der Waals surface area contributed by atoms with Gasteiger partial charge in [-0.15, -0.1) is 11.3 Å². The number of thiophene rings is 1. The lowest BCUT2D eigenvalue weighted by atomic mass is 9.75. The first-order valence-electron chi connectivity index (χ1n) is 12.5. The number of carbonyl (C=O) groups is 2. The van der Waals surface area contributed by atoms with E-state index in [-0.39, 0.29) is 11.7 Å². The minimum atomic E-state index is -0.663. The first-order valence-corrected chi connectivity index (χ1v) is 13.3. The topological polar surface area (TPSA) is 101 Å². The average Bonchev–Trinajstić information content (AvgIpc) is 3.31. The zero-order valence-corrected chi connectivity index (χ0v) is 21.8. The zero-order valence-electron chi connectivity index (χ0n) is 21.0. The van der Waals surface area contributed by atoms with Crippen molar-refractivity contribution >= 4 is 28.0 Å². The number of aryl methyl sites for hydroxylation is 1. The highest BCUT2D eigenvalue weighted by atomic mass is 32.1. The largest absolute Gasteiger partial charge is 0.493 e. The van der Waals surface area contributed by atoms with Gasteiger partial charge in [0.25, 0.3) is 5.91 Å². The zero-order chi connectivity index (χ0) is 25.8. The molecule has 0 saturated carbocycles. The number of nitriles is 1. The molecule has 1 aromatic carbocycles. The Hall–Kier alpha value is -3.77. The summed E-state index contributed by atoms with van der Waals surface area (Å²) in [5, 5.41) is 14.4. The van der Waals surface area contributed by atoms with Crippen LogP contribution in [0.2, 0.25) is 0 Å². The van der Waals surface area contributed by atoms with Crippen molar-refractivity contribution in [1.29, 1.82) is 5.26 Å². The number of nitrogens with zero attached hydrogens (tertiary/aromatic N) is 2.